The van der Waals surface area contributed by atoms with E-state index in [0.29, 0.717) is 6.54 Å². The topological polar surface area (TPSA) is 93.4 Å². The summed E-state index contributed by atoms with van der Waals surface area (Å²) in [5.74, 6) is -1.42. The van der Waals surface area contributed by atoms with Crippen molar-refractivity contribution in [3.63, 3.8) is 0 Å². The lowest BCUT2D eigenvalue weighted by molar-refractivity contribution is -0.140. The molecule has 0 bridgehead atoms. The van der Waals surface area contributed by atoms with E-state index >= 15 is 0 Å². The summed E-state index contributed by atoms with van der Waals surface area (Å²) < 4.78 is 5.31. The minimum atomic E-state index is -0.733. The Balaban J connectivity index is 2.29. The van der Waals surface area contributed by atoms with Gasteiger partial charge in [-0.15, -0.1) is 0 Å². The van der Waals surface area contributed by atoms with Crippen LogP contribution in [-0.2, 0) is 14.3 Å². The van der Waals surface area contributed by atoms with Gasteiger partial charge in [0.1, 0.15) is 0 Å². The molecule has 0 spiro atoms. The van der Waals surface area contributed by atoms with E-state index in [0.717, 1.165) is 19.3 Å². The monoisotopic (exact) mass is 259 g/mol. The maximum atomic E-state index is 11.4. The molecule has 2 amide bonds. The van der Waals surface area contributed by atoms with Gasteiger partial charge in [0.25, 0.3) is 0 Å². The Kier molecular flexibility index (Phi) is 4.83. The fourth-order valence-electron chi connectivity index (χ4n) is 1.59. The molecule has 0 aromatic rings. The normalized spacial score (nSPS) is 16.8. The second-order valence-corrected chi connectivity index (χ2v) is 4.60. The molecule has 17 heavy (non-hydrogen) atoms. The van der Waals surface area contributed by atoms with Crippen molar-refractivity contribution in [1.29, 1.82) is 0 Å². The second-order valence-electron chi connectivity index (χ2n) is 4.07. The van der Waals surface area contributed by atoms with Crippen molar-refractivity contribution in [3.8, 4) is 0 Å². The van der Waals surface area contributed by atoms with Gasteiger partial charge in [0.05, 0.1) is 17.1 Å². The number of amides is 2. The summed E-state index contributed by atoms with van der Waals surface area (Å²) in [5, 5.41) is 4.85. The van der Waals surface area contributed by atoms with Crippen LogP contribution in [-0.4, -0.2) is 42.6 Å². The molecule has 0 aromatic heterocycles. The van der Waals surface area contributed by atoms with Crippen molar-refractivity contribution >= 4 is 29.0 Å². The summed E-state index contributed by atoms with van der Waals surface area (Å²) in [6.07, 6.45) is 2.88. The number of thiocarbonyl (C=S) groups is 1. The van der Waals surface area contributed by atoms with Crippen LogP contribution in [0.3, 0.4) is 0 Å². The molecule has 0 heterocycles. The highest BCUT2D eigenvalue weighted by Crippen LogP contribution is 2.34. The molecule has 1 aliphatic carbocycles. The maximum Gasteiger partial charge on any atom is 0.309 e. The lowest BCUT2D eigenvalue weighted by atomic mass is 9.80. The molecule has 0 aromatic carbocycles. The van der Waals surface area contributed by atoms with Crippen molar-refractivity contribution in [1.82, 2.24) is 10.6 Å². The number of nitrogens with one attached hydrogen (secondary N) is 2. The van der Waals surface area contributed by atoms with Crippen LogP contribution in [0.2, 0.25) is 0 Å². The first-order chi connectivity index (χ1) is 7.99. The van der Waals surface area contributed by atoms with E-state index in [9.17, 15) is 9.59 Å². The molecule has 1 rings (SSSR count). The van der Waals surface area contributed by atoms with Gasteiger partial charge in [0, 0.05) is 13.7 Å². The number of hydrogen-bond acceptors (Lipinski definition) is 4. The molecule has 7 heteroatoms. The predicted octanol–water partition coefficient (Wildman–Crippen LogP) is -0.926. The molecule has 0 saturated heterocycles. The number of nitrogens with two attached hydrogens (primary N) is 1. The van der Waals surface area contributed by atoms with Gasteiger partial charge < -0.3 is 21.1 Å². The molecule has 0 aliphatic heterocycles. The summed E-state index contributed by atoms with van der Waals surface area (Å²) in [6.45, 7) is 0.375. The molecule has 1 fully saturated rings. The van der Waals surface area contributed by atoms with Crippen molar-refractivity contribution < 1.29 is 14.3 Å². The van der Waals surface area contributed by atoms with Crippen LogP contribution in [0.25, 0.3) is 0 Å². The molecular formula is C10H17N3O3S. The maximum absolute atomic E-state index is 11.4. The standard InChI is InChI=1S/C10H17N3O3S/c1-16-10(3-2-4-10)6-13-9(15)8(14)12-5-7(11)17/h2-6H2,1H3,(H2,11,17)(H,12,14)(H,13,15). The van der Waals surface area contributed by atoms with Crippen LogP contribution in [0.15, 0.2) is 0 Å². The summed E-state index contributed by atoms with van der Waals surface area (Å²) >= 11 is 4.58. The Hall–Kier alpha value is -1.21. The van der Waals surface area contributed by atoms with Crippen LogP contribution < -0.4 is 16.4 Å². The Morgan fingerprint density at radius 1 is 1.35 bits per heavy atom. The van der Waals surface area contributed by atoms with Crippen molar-refractivity contribution in [2.24, 2.45) is 5.73 Å². The quantitative estimate of drug-likeness (QED) is 0.438. The zero-order valence-corrected chi connectivity index (χ0v) is 10.6. The highest BCUT2D eigenvalue weighted by Gasteiger charge is 2.37. The van der Waals surface area contributed by atoms with E-state index in [1.165, 1.54) is 0 Å². The highest BCUT2D eigenvalue weighted by atomic mass is 32.1. The van der Waals surface area contributed by atoms with E-state index in [2.05, 4.69) is 22.9 Å². The molecule has 0 unspecified atom stereocenters. The number of carbonyl (C=O) groups is 2. The summed E-state index contributed by atoms with van der Waals surface area (Å²) in [5.41, 5.74) is 4.91. The molecule has 1 saturated carbocycles. The Bertz CT molecular complexity index is 323. The third kappa shape index (κ3) is 3.94. The first kappa shape index (κ1) is 13.9. The van der Waals surface area contributed by atoms with E-state index in [1.54, 1.807) is 7.11 Å². The van der Waals surface area contributed by atoms with Gasteiger partial charge in [-0.25, -0.2) is 0 Å². The number of rotatable bonds is 5. The molecular weight excluding hydrogens is 242 g/mol. The smallest absolute Gasteiger partial charge is 0.309 e. The number of methoxy groups -OCH3 is 1. The third-order valence-electron chi connectivity index (χ3n) is 2.90. The van der Waals surface area contributed by atoms with E-state index in [1.807, 2.05) is 0 Å². The van der Waals surface area contributed by atoms with Crippen LogP contribution in [0.1, 0.15) is 19.3 Å². The van der Waals surface area contributed by atoms with Crippen molar-refractivity contribution in [3.05, 3.63) is 0 Å². The zero-order valence-electron chi connectivity index (χ0n) is 9.75. The summed E-state index contributed by atoms with van der Waals surface area (Å²) in [6, 6.07) is 0. The molecule has 0 atom stereocenters. The van der Waals surface area contributed by atoms with E-state index < -0.39 is 11.8 Å². The fourth-order valence-corrected chi connectivity index (χ4v) is 1.67. The largest absolute Gasteiger partial charge is 0.392 e. The number of hydrogen-bond donors (Lipinski definition) is 3. The summed E-state index contributed by atoms with van der Waals surface area (Å²) in [7, 11) is 1.61. The lowest BCUT2D eigenvalue weighted by Crippen LogP contribution is -2.52. The van der Waals surface area contributed by atoms with Crippen molar-refractivity contribution in [2.75, 3.05) is 20.2 Å². The number of ether oxygens (including phenoxy) is 1. The predicted molar refractivity (Wildman–Crippen MR) is 66.4 cm³/mol. The van der Waals surface area contributed by atoms with Gasteiger partial charge in [-0.2, -0.15) is 0 Å². The average molecular weight is 259 g/mol. The first-order valence-electron chi connectivity index (χ1n) is 5.38. The molecule has 6 nitrogen and oxygen atoms in total. The van der Waals surface area contributed by atoms with Gasteiger partial charge in [-0.1, -0.05) is 12.2 Å². The van der Waals surface area contributed by atoms with Gasteiger partial charge in [0.15, 0.2) is 0 Å². The highest BCUT2D eigenvalue weighted by molar-refractivity contribution is 7.80. The molecule has 4 N–H and O–H groups in total. The second kappa shape index (κ2) is 5.92. The Labute approximate surface area is 105 Å². The summed E-state index contributed by atoms with van der Waals surface area (Å²) in [4.78, 5) is 22.8. The first-order valence-corrected chi connectivity index (χ1v) is 5.79. The minimum absolute atomic E-state index is 0.0248. The SMILES string of the molecule is COC1(CNC(=O)C(=O)NCC(N)=S)CCC1. The molecule has 1 aliphatic rings. The van der Waals surface area contributed by atoms with Crippen LogP contribution >= 0.6 is 12.2 Å². The Morgan fingerprint density at radius 2 is 1.94 bits per heavy atom. The van der Waals surface area contributed by atoms with Gasteiger partial charge in [-0.3, -0.25) is 9.59 Å². The number of carbonyl (C=O) groups excluding carboxylic acids is 2. The fraction of sp³-hybridized carbons (Fsp3) is 0.700. The van der Waals surface area contributed by atoms with E-state index in [4.69, 9.17) is 10.5 Å². The lowest BCUT2D eigenvalue weighted by Gasteiger charge is -2.40. The van der Waals surface area contributed by atoms with E-state index in [-0.39, 0.29) is 17.1 Å². The van der Waals surface area contributed by atoms with Crippen LogP contribution in [0.4, 0.5) is 0 Å². The third-order valence-corrected chi connectivity index (χ3v) is 3.04. The molecule has 0 radical (unpaired) electrons. The van der Waals surface area contributed by atoms with Crippen molar-refractivity contribution in [2.45, 2.75) is 24.9 Å². The average Bonchev–Trinajstić information content (AvgIpc) is 2.24. The van der Waals surface area contributed by atoms with Gasteiger partial charge in [-0.05, 0) is 19.3 Å². The Morgan fingerprint density at radius 3 is 2.35 bits per heavy atom. The zero-order chi connectivity index (χ0) is 12.9. The van der Waals surface area contributed by atoms with Crippen LogP contribution in [0, 0.1) is 0 Å². The van der Waals surface area contributed by atoms with Crippen LogP contribution in [0.5, 0.6) is 0 Å². The minimum Gasteiger partial charge on any atom is -0.392 e. The molecule has 96 valence electrons. The van der Waals surface area contributed by atoms with Gasteiger partial charge >= 0.3 is 11.8 Å². The van der Waals surface area contributed by atoms with Gasteiger partial charge in [0.2, 0.25) is 0 Å².